The van der Waals surface area contributed by atoms with Crippen LogP contribution in [0.4, 0.5) is 10.1 Å². The quantitative estimate of drug-likeness (QED) is 0.286. The number of halogens is 1. The molecule has 0 spiro atoms. The molecule has 0 saturated carbocycles. The van der Waals surface area contributed by atoms with Gasteiger partial charge in [0.1, 0.15) is 18.1 Å². The number of ether oxygens (including phenoxy) is 2. The molecule has 0 radical (unpaired) electrons. The van der Waals surface area contributed by atoms with Crippen molar-refractivity contribution in [2.75, 3.05) is 38.3 Å². The van der Waals surface area contributed by atoms with E-state index in [1.165, 1.54) is 16.7 Å². The zero-order valence-electron chi connectivity index (χ0n) is 22.2. The second-order valence-corrected chi connectivity index (χ2v) is 9.69. The molecule has 4 rings (SSSR count). The third-order valence-corrected chi connectivity index (χ3v) is 7.15. The van der Waals surface area contributed by atoms with Gasteiger partial charge in [-0.2, -0.15) is 0 Å². The summed E-state index contributed by atoms with van der Waals surface area (Å²) in [6.45, 7) is 7.67. The van der Waals surface area contributed by atoms with Crippen LogP contribution in [0.25, 0.3) is 0 Å². The normalized spacial score (nSPS) is 14.8. The monoisotopic (exact) mass is 506 g/mol. The Morgan fingerprint density at radius 3 is 2.65 bits per heavy atom. The average molecular weight is 507 g/mol. The van der Waals surface area contributed by atoms with Crippen LogP contribution in [0, 0.1) is 5.82 Å². The Bertz CT molecular complexity index is 1180. The van der Waals surface area contributed by atoms with Gasteiger partial charge in [0.05, 0.1) is 7.11 Å². The minimum Gasteiger partial charge on any atom is -0.508 e. The Hall–Kier alpha value is -3.25. The summed E-state index contributed by atoms with van der Waals surface area (Å²) in [5.74, 6) is 1.46. The molecule has 0 aliphatic heterocycles. The number of nitrogens with zero attached hydrogens (tertiary/aromatic N) is 1. The van der Waals surface area contributed by atoms with Crippen LogP contribution in [0.2, 0.25) is 0 Å². The number of methoxy groups -OCH3 is 1. The summed E-state index contributed by atoms with van der Waals surface area (Å²) < 4.78 is 26.0. The molecule has 0 aromatic heterocycles. The van der Waals surface area contributed by atoms with Gasteiger partial charge in [0.2, 0.25) is 0 Å². The van der Waals surface area contributed by atoms with Gasteiger partial charge in [0.15, 0.2) is 11.6 Å². The first-order valence-electron chi connectivity index (χ1n) is 13.4. The number of phenols is 1. The standard InChI is InChI=1S/C31H39FN2O3/c1-4-14-33-15-16-37-31-13-6-22(17-29(31)32)21-34(5-2)30-20-27(36-3)11-12-28(30)25-8-7-24-19-26(35)10-9-23(24)18-25/h6,9-13,17,19-20,25,33,35H,4-5,7-8,14-16,18,21H2,1-3H3. The lowest BCUT2D eigenvalue weighted by molar-refractivity contribution is 0.299. The van der Waals surface area contributed by atoms with Crippen LogP contribution in [-0.2, 0) is 19.4 Å². The highest BCUT2D eigenvalue weighted by molar-refractivity contribution is 5.60. The van der Waals surface area contributed by atoms with Crippen molar-refractivity contribution in [3.8, 4) is 17.2 Å². The fourth-order valence-corrected chi connectivity index (χ4v) is 5.16. The van der Waals surface area contributed by atoms with E-state index in [0.29, 0.717) is 37.1 Å². The molecule has 2 N–H and O–H groups in total. The molecule has 0 heterocycles. The van der Waals surface area contributed by atoms with Crippen LogP contribution < -0.4 is 19.7 Å². The topological polar surface area (TPSA) is 54.0 Å². The van der Waals surface area contributed by atoms with Crippen LogP contribution in [0.5, 0.6) is 17.2 Å². The van der Waals surface area contributed by atoms with Gasteiger partial charge in [-0.15, -0.1) is 0 Å². The van der Waals surface area contributed by atoms with Gasteiger partial charge in [-0.25, -0.2) is 4.39 Å². The molecule has 3 aromatic rings. The highest BCUT2D eigenvalue weighted by atomic mass is 19.1. The molecule has 5 nitrogen and oxygen atoms in total. The van der Waals surface area contributed by atoms with Gasteiger partial charge in [0.25, 0.3) is 0 Å². The first kappa shape index (κ1) is 26.8. The summed E-state index contributed by atoms with van der Waals surface area (Å²) in [6, 6.07) is 17.3. The molecule has 0 amide bonds. The van der Waals surface area contributed by atoms with Gasteiger partial charge in [-0.05, 0) is 97.7 Å². The zero-order chi connectivity index (χ0) is 26.2. The summed E-state index contributed by atoms with van der Waals surface area (Å²) >= 11 is 0. The number of anilines is 1. The Labute approximate surface area is 220 Å². The van der Waals surface area contributed by atoms with E-state index in [4.69, 9.17) is 9.47 Å². The zero-order valence-corrected chi connectivity index (χ0v) is 22.2. The number of aryl methyl sites for hydroxylation is 1. The highest BCUT2D eigenvalue weighted by Crippen LogP contribution is 2.40. The Kier molecular flexibility index (Phi) is 9.29. The molecule has 0 bridgehead atoms. The summed E-state index contributed by atoms with van der Waals surface area (Å²) in [5.41, 5.74) is 5.83. The third kappa shape index (κ3) is 6.75. The van der Waals surface area contributed by atoms with E-state index in [0.717, 1.165) is 55.8 Å². The average Bonchev–Trinajstić information content (AvgIpc) is 2.92. The van der Waals surface area contributed by atoms with Crippen molar-refractivity contribution in [2.24, 2.45) is 0 Å². The van der Waals surface area contributed by atoms with E-state index in [-0.39, 0.29) is 5.82 Å². The van der Waals surface area contributed by atoms with Gasteiger partial charge in [0, 0.05) is 31.4 Å². The summed E-state index contributed by atoms with van der Waals surface area (Å²) in [4.78, 5) is 2.29. The first-order chi connectivity index (χ1) is 18.0. The Morgan fingerprint density at radius 1 is 1.03 bits per heavy atom. The maximum atomic E-state index is 14.8. The van der Waals surface area contributed by atoms with Crippen LogP contribution in [-0.4, -0.2) is 38.5 Å². The molecule has 1 atom stereocenters. The number of hydrogen-bond acceptors (Lipinski definition) is 5. The lowest BCUT2D eigenvalue weighted by atomic mass is 9.79. The first-order valence-corrected chi connectivity index (χ1v) is 13.4. The second kappa shape index (κ2) is 12.8. The third-order valence-electron chi connectivity index (χ3n) is 7.15. The maximum absolute atomic E-state index is 14.8. The molecular formula is C31H39FN2O3. The van der Waals surface area contributed by atoms with E-state index < -0.39 is 0 Å². The van der Waals surface area contributed by atoms with Crippen LogP contribution in [0.15, 0.2) is 54.6 Å². The summed E-state index contributed by atoms with van der Waals surface area (Å²) in [6.07, 6.45) is 3.94. The number of nitrogens with one attached hydrogen (secondary N) is 1. The molecule has 37 heavy (non-hydrogen) atoms. The fourth-order valence-electron chi connectivity index (χ4n) is 5.16. The lowest BCUT2D eigenvalue weighted by Crippen LogP contribution is -2.25. The predicted molar refractivity (Wildman–Crippen MR) is 148 cm³/mol. The number of phenolic OH excluding ortho intramolecular Hbond substituents is 1. The number of hydrogen-bond donors (Lipinski definition) is 2. The molecule has 6 heteroatoms. The Morgan fingerprint density at radius 2 is 1.89 bits per heavy atom. The fraction of sp³-hybridized carbons (Fsp3) is 0.419. The number of fused-ring (bicyclic) bond motifs is 1. The van der Waals surface area contributed by atoms with Crippen LogP contribution in [0.3, 0.4) is 0 Å². The minimum absolute atomic E-state index is 0.291. The van der Waals surface area contributed by atoms with Crippen molar-refractivity contribution < 1.29 is 19.0 Å². The predicted octanol–water partition coefficient (Wildman–Crippen LogP) is 6.22. The van der Waals surface area contributed by atoms with E-state index in [1.807, 2.05) is 24.3 Å². The number of benzene rings is 3. The van der Waals surface area contributed by atoms with Gasteiger partial charge < -0.3 is 24.8 Å². The minimum atomic E-state index is -0.331. The molecule has 0 saturated heterocycles. The summed E-state index contributed by atoms with van der Waals surface area (Å²) in [7, 11) is 1.68. The number of rotatable bonds is 12. The van der Waals surface area contributed by atoms with E-state index >= 15 is 0 Å². The van der Waals surface area contributed by atoms with Crippen molar-refractivity contribution in [1.29, 1.82) is 0 Å². The van der Waals surface area contributed by atoms with Crippen molar-refractivity contribution in [2.45, 2.75) is 52.0 Å². The van der Waals surface area contributed by atoms with Crippen molar-refractivity contribution in [1.82, 2.24) is 5.32 Å². The van der Waals surface area contributed by atoms with Crippen LogP contribution in [0.1, 0.15) is 54.9 Å². The molecule has 3 aromatic carbocycles. The largest absolute Gasteiger partial charge is 0.508 e. The summed E-state index contributed by atoms with van der Waals surface area (Å²) in [5, 5.41) is 13.1. The van der Waals surface area contributed by atoms with Gasteiger partial charge >= 0.3 is 0 Å². The maximum Gasteiger partial charge on any atom is 0.165 e. The van der Waals surface area contributed by atoms with Gasteiger partial charge in [-0.3, -0.25) is 0 Å². The molecule has 1 unspecified atom stereocenters. The van der Waals surface area contributed by atoms with E-state index in [1.54, 1.807) is 25.3 Å². The Balaban J connectivity index is 1.52. The second-order valence-electron chi connectivity index (χ2n) is 9.69. The molecule has 1 aliphatic carbocycles. The van der Waals surface area contributed by atoms with Crippen LogP contribution >= 0.6 is 0 Å². The van der Waals surface area contributed by atoms with Crippen molar-refractivity contribution in [3.05, 3.63) is 82.7 Å². The van der Waals surface area contributed by atoms with Crippen molar-refractivity contribution >= 4 is 5.69 Å². The van der Waals surface area contributed by atoms with E-state index in [9.17, 15) is 9.50 Å². The SMILES string of the molecule is CCCNCCOc1ccc(CN(CC)c2cc(OC)ccc2C2CCc3cc(O)ccc3C2)cc1F. The highest BCUT2D eigenvalue weighted by Gasteiger charge is 2.25. The molecule has 0 fully saturated rings. The van der Waals surface area contributed by atoms with Gasteiger partial charge in [-0.1, -0.05) is 25.1 Å². The molecule has 198 valence electrons. The number of aromatic hydroxyl groups is 1. The van der Waals surface area contributed by atoms with E-state index in [2.05, 4.69) is 36.2 Å². The molecule has 1 aliphatic rings. The smallest absolute Gasteiger partial charge is 0.165 e. The lowest BCUT2D eigenvalue weighted by Gasteiger charge is -2.32. The molecular weight excluding hydrogens is 467 g/mol. The van der Waals surface area contributed by atoms with Crippen molar-refractivity contribution in [3.63, 3.8) is 0 Å².